The lowest BCUT2D eigenvalue weighted by molar-refractivity contribution is 0.102. The minimum Gasteiger partial charge on any atom is -0.497 e. The van der Waals surface area contributed by atoms with E-state index in [0.29, 0.717) is 29.3 Å². The summed E-state index contributed by atoms with van der Waals surface area (Å²) in [5.41, 5.74) is 0.709. The summed E-state index contributed by atoms with van der Waals surface area (Å²) in [5.74, 6) is 0.563. The van der Waals surface area contributed by atoms with Crippen LogP contribution >= 0.6 is 0 Å². The number of sulfonamides is 1. The van der Waals surface area contributed by atoms with E-state index < -0.39 is 15.9 Å². The van der Waals surface area contributed by atoms with Crippen molar-refractivity contribution in [2.24, 2.45) is 0 Å². The molecule has 0 heterocycles. The third-order valence-corrected chi connectivity index (χ3v) is 5.30. The van der Waals surface area contributed by atoms with Crippen LogP contribution in [-0.2, 0) is 10.0 Å². The fourth-order valence-electron chi connectivity index (χ4n) is 2.35. The number of nitrogens with one attached hydrogen (secondary N) is 2. The summed E-state index contributed by atoms with van der Waals surface area (Å²) in [6.07, 6.45) is 1.65. The van der Waals surface area contributed by atoms with Gasteiger partial charge < -0.3 is 14.8 Å². The molecule has 0 bridgehead atoms. The van der Waals surface area contributed by atoms with Crippen molar-refractivity contribution in [3.05, 3.63) is 48.0 Å². The Hall–Kier alpha value is -2.58. The van der Waals surface area contributed by atoms with Crippen LogP contribution in [0.5, 0.6) is 11.5 Å². The molecule has 0 saturated carbocycles. The van der Waals surface area contributed by atoms with Gasteiger partial charge in [0, 0.05) is 23.9 Å². The lowest BCUT2D eigenvalue weighted by Gasteiger charge is -2.11. The molecule has 2 aromatic rings. The number of benzene rings is 2. The molecule has 0 aliphatic heterocycles. The van der Waals surface area contributed by atoms with E-state index in [1.807, 2.05) is 6.92 Å². The average Bonchev–Trinajstić information content (AvgIpc) is 2.67. The molecule has 0 aliphatic carbocycles. The Kier molecular flexibility index (Phi) is 7.20. The zero-order valence-corrected chi connectivity index (χ0v) is 16.4. The van der Waals surface area contributed by atoms with Gasteiger partial charge in [0.1, 0.15) is 11.5 Å². The Labute approximate surface area is 159 Å². The predicted octanol–water partition coefficient (Wildman–Crippen LogP) is 3.03. The van der Waals surface area contributed by atoms with Gasteiger partial charge in [0.25, 0.3) is 5.91 Å². The van der Waals surface area contributed by atoms with Crippen LogP contribution in [0.25, 0.3) is 0 Å². The average molecular weight is 392 g/mol. The highest BCUT2D eigenvalue weighted by molar-refractivity contribution is 7.89. The molecule has 0 saturated heterocycles. The van der Waals surface area contributed by atoms with Crippen LogP contribution in [0.2, 0.25) is 0 Å². The minimum absolute atomic E-state index is 0.0969. The van der Waals surface area contributed by atoms with Crippen LogP contribution in [0.15, 0.2) is 47.4 Å². The zero-order chi connectivity index (χ0) is 19.9. The van der Waals surface area contributed by atoms with E-state index in [-0.39, 0.29) is 4.90 Å². The highest BCUT2D eigenvalue weighted by Crippen LogP contribution is 2.23. The third-order valence-electron chi connectivity index (χ3n) is 3.84. The van der Waals surface area contributed by atoms with Crippen molar-refractivity contribution in [3.63, 3.8) is 0 Å². The van der Waals surface area contributed by atoms with Crippen LogP contribution in [0.1, 0.15) is 30.1 Å². The van der Waals surface area contributed by atoms with E-state index in [4.69, 9.17) is 9.47 Å². The SMILES string of the molecule is CCCCNS(=O)(=O)c1cccc(NC(=O)c2cc(OC)cc(OC)c2)c1. The molecule has 8 heteroatoms. The minimum atomic E-state index is -3.62. The number of hydrogen-bond donors (Lipinski definition) is 2. The van der Waals surface area contributed by atoms with Gasteiger partial charge in [0.2, 0.25) is 10.0 Å². The molecule has 1 amide bonds. The van der Waals surface area contributed by atoms with Crippen LogP contribution in [0.3, 0.4) is 0 Å². The molecule has 0 aromatic heterocycles. The van der Waals surface area contributed by atoms with Crippen molar-refractivity contribution in [1.82, 2.24) is 4.72 Å². The molecule has 0 atom stereocenters. The Balaban J connectivity index is 2.20. The number of methoxy groups -OCH3 is 2. The molecule has 146 valence electrons. The molecule has 7 nitrogen and oxygen atoms in total. The maximum absolute atomic E-state index is 12.5. The van der Waals surface area contributed by atoms with Gasteiger partial charge in [0.15, 0.2) is 0 Å². The second kappa shape index (κ2) is 9.38. The van der Waals surface area contributed by atoms with E-state index in [9.17, 15) is 13.2 Å². The fraction of sp³-hybridized carbons (Fsp3) is 0.316. The predicted molar refractivity (Wildman–Crippen MR) is 104 cm³/mol. The number of carbonyl (C=O) groups is 1. The summed E-state index contributed by atoms with van der Waals surface area (Å²) in [4.78, 5) is 12.6. The maximum Gasteiger partial charge on any atom is 0.255 e. The highest BCUT2D eigenvalue weighted by Gasteiger charge is 2.15. The summed E-state index contributed by atoms with van der Waals surface area (Å²) < 4.78 is 37.5. The largest absolute Gasteiger partial charge is 0.497 e. The zero-order valence-electron chi connectivity index (χ0n) is 15.6. The van der Waals surface area contributed by atoms with Gasteiger partial charge in [-0.3, -0.25) is 4.79 Å². The smallest absolute Gasteiger partial charge is 0.255 e. The van der Waals surface area contributed by atoms with Crippen molar-refractivity contribution in [1.29, 1.82) is 0 Å². The van der Waals surface area contributed by atoms with Gasteiger partial charge in [-0.15, -0.1) is 0 Å². The number of carbonyl (C=O) groups excluding carboxylic acids is 1. The standard InChI is InChI=1S/C19H24N2O5S/c1-4-5-9-20-27(23,24)18-8-6-7-15(12-18)21-19(22)14-10-16(25-2)13-17(11-14)26-3/h6-8,10-13,20H,4-5,9H2,1-3H3,(H,21,22). The summed E-state index contributed by atoms with van der Waals surface area (Å²) in [6, 6.07) is 10.9. The lowest BCUT2D eigenvalue weighted by Crippen LogP contribution is -2.24. The summed E-state index contributed by atoms with van der Waals surface area (Å²) in [5, 5.41) is 2.70. The first-order valence-electron chi connectivity index (χ1n) is 8.53. The lowest BCUT2D eigenvalue weighted by atomic mass is 10.2. The van der Waals surface area contributed by atoms with E-state index >= 15 is 0 Å². The molecule has 27 heavy (non-hydrogen) atoms. The van der Waals surface area contributed by atoms with E-state index in [1.165, 1.54) is 26.4 Å². The normalized spacial score (nSPS) is 11.1. The number of ether oxygens (including phenoxy) is 2. The van der Waals surface area contributed by atoms with Gasteiger partial charge in [-0.2, -0.15) is 0 Å². The number of unbranched alkanes of at least 4 members (excludes halogenated alkanes) is 1. The Morgan fingerprint density at radius 1 is 1.04 bits per heavy atom. The molecule has 0 radical (unpaired) electrons. The first kappa shape index (κ1) is 20.7. The van der Waals surface area contributed by atoms with E-state index in [2.05, 4.69) is 10.0 Å². The Morgan fingerprint density at radius 2 is 1.70 bits per heavy atom. The van der Waals surface area contributed by atoms with Crippen LogP contribution < -0.4 is 19.5 Å². The van der Waals surface area contributed by atoms with E-state index in [1.54, 1.807) is 30.3 Å². The molecule has 2 rings (SSSR count). The first-order chi connectivity index (χ1) is 12.9. The molecule has 0 aliphatic rings. The second-order valence-electron chi connectivity index (χ2n) is 5.83. The van der Waals surface area contributed by atoms with E-state index in [0.717, 1.165) is 12.8 Å². The first-order valence-corrected chi connectivity index (χ1v) is 10.0. The topological polar surface area (TPSA) is 93.7 Å². The number of amides is 1. The summed E-state index contributed by atoms with van der Waals surface area (Å²) in [7, 11) is -0.625. The molecule has 2 aromatic carbocycles. The van der Waals surface area contributed by atoms with Gasteiger partial charge in [-0.1, -0.05) is 19.4 Å². The number of hydrogen-bond acceptors (Lipinski definition) is 5. The third kappa shape index (κ3) is 5.70. The molecular weight excluding hydrogens is 368 g/mol. The fourth-order valence-corrected chi connectivity index (χ4v) is 3.47. The molecule has 2 N–H and O–H groups in total. The molecular formula is C19H24N2O5S. The number of rotatable bonds is 9. The van der Waals surface area contributed by atoms with Gasteiger partial charge in [0.05, 0.1) is 19.1 Å². The Bertz CT molecular complexity index is 874. The molecule has 0 spiro atoms. The quantitative estimate of drug-likeness (QED) is 0.640. The molecule has 0 fully saturated rings. The maximum atomic E-state index is 12.5. The molecule has 0 unspecified atom stereocenters. The van der Waals surface area contributed by atoms with Crippen molar-refractivity contribution >= 4 is 21.6 Å². The van der Waals surface area contributed by atoms with Crippen molar-refractivity contribution in [2.45, 2.75) is 24.7 Å². The van der Waals surface area contributed by atoms with Gasteiger partial charge in [-0.25, -0.2) is 13.1 Å². The Morgan fingerprint density at radius 3 is 2.30 bits per heavy atom. The number of anilines is 1. The van der Waals surface area contributed by atoms with Crippen LogP contribution in [-0.4, -0.2) is 35.1 Å². The van der Waals surface area contributed by atoms with Crippen molar-refractivity contribution in [2.75, 3.05) is 26.1 Å². The van der Waals surface area contributed by atoms with Gasteiger partial charge in [-0.05, 0) is 36.8 Å². The van der Waals surface area contributed by atoms with Crippen LogP contribution in [0, 0.1) is 0 Å². The van der Waals surface area contributed by atoms with Crippen LogP contribution in [0.4, 0.5) is 5.69 Å². The highest BCUT2D eigenvalue weighted by atomic mass is 32.2. The summed E-state index contributed by atoms with van der Waals surface area (Å²) in [6.45, 7) is 2.36. The summed E-state index contributed by atoms with van der Waals surface area (Å²) >= 11 is 0. The second-order valence-corrected chi connectivity index (χ2v) is 7.60. The van der Waals surface area contributed by atoms with Crippen molar-refractivity contribution in [3.8, 4) is 11.5 Å². The monoisotopic (exact) mass is 392 g/mol. The van der Waals surface area contributed by atoms with Crippen molar-refractivity contribution < 1.29 is 22.7 Å². The van der Waals surface area contributed by atoms with Gasteiger partial charge >= 0.3 is 0 Å².